The maximum Gasteiger partial charge on any atom is 0.310 e. The predicted molar refractivity (Wildman–Crippen MR) is 157 cm³/mol. The van der Waals surface area contributed by atoms with Gasteiger partial charge in [-0.3, -0.25) is 14.4 Å². The third kappa shape index (κ3) is 5.65. The Morgan fingerprint density at radius 2 is 2.08 bits per heavy atom. The van der Waals surface area contributed by atoms with Crippen molar-refractivity contribution in [3.8, 4) is 5.75 Å². The molecule has 0 spiro atoms. The predicted octanol–water partition coefficient (Wildman–Crippen LogP) is 6.24. The largest absolute Gasteiger partial charge is 0.489 e. The van der Waals surface area contributed by atoms with Crippen LogP contribution in [0.4, 0.5) is 0 Å². The van der Waals surface area contributed by atoms with Crippen LogP contribution in [-0.2, 0) is 32.2 Å². The van der Waals surface area contributed by atoms with E-state index in [-0.39, 0.29) is 17.9 Å². The van der Waals surface area contributed by atoms with E-state index in [2.05, 4.69) is 23.8 Å². The number of carbonyl (C=O) groups is 2. The van der Waals surface area contributed by atoms with Gasteiger partial charge in [-0.25, -0.2) is 0 Å². The number of aldehydes is 1. The fraction of sp³-hybridized carbons (Fsp3) is 0.452. The van der Waals surface area contributed by atoms with Crippen LogP contribution in [-0.4, -0.2) is 53.2 Å². The molecular formula is C31H35Cl2N3O4. The Morgan fingerprint density at radius 1 is 1.25 bits per heavy atom. The summed E-state index contributed by atoms with van der Waals surface area (Å²) in [6.07, 6.45) is 5.24. The third-order valence-corrected chi connectivity index (χ3v) is 8.62. The average Bonchev–Trinajstić information content (AvgIpc) is 3.29. The smallest absolute Gasteiger partial charge is 0.310 e. The van der Waals surface area contributed by atoms with Gasteiger partial charge in [0.1, 0.15) is 23.5 Å². The molecule has 1 aromatic heterocycles. The highest BCUT2D eigenvalue weighted by Crippen LogP contribution is 2.42. The number of esters is 1. The van der Waals surface area contributed by atoms with Crippen molar-refractivity contribution < 1.29 is 19.1 Å². The van der Waals surface area contributed by atoms with E-state index in [0.29, 0.717) is 43.6 Å². The Balaban J connectivity index is 1.28. The molecule has 1 aliphatic carbocycles. The standard InChI is InChI=1S/C31H35Cl2N3O4/c1-4-39-30(38)23-6-5-13-35(16-23)17-24-9-8-22-15-25(10-11-27(22)31(24,33)19-37)40-18-21-7-12-28-26(14-21)29(32)34-36(28)20(2)3/h7,9-12,14-15,19-20,23H,4-6,8,13,16-18H2,1-3H3/t23-,31?/m0/s1. The first kappa shape index (κ1) is 28.7. The summed E-state index contributed by atoms with van der Waals surface area (Å²) in [5.41, 5.74) is 4.57. The van der Waals surface area contributed by atoms with Crippen molar-refractivity contribution in [3.63, 3.8) is 0 Å². The van der Waals surface area contributed by atoms with Gasteiger partial charge in [-0.15, -0.1) is 11.6 Å². The second kappa shape index (κ2) is 11.9. The van der Waals surface area contributed by atoms with E-state index in [1.165, 1.54) is 0 Å². The van der Waals surface area contributed by atoms with E-state index in [1.807, 2.05) is 54.1 Å². The number of likely N-dealkylation sites (tertiary alicyclic amines) is 1. The van der Waals surface area contributed by atoms with Gasteiger partial charge in [0.15, 0.2) is 5.15 Å². The Morgan fingerprint density at radius 3 is 2.83 bits per heavy atom. The van der Waals surface area contributed by atoms with Crippen LogP contribution in [0.5, 0.6) is 5.75 Å². The Bertz CT molecular complexity index is 1450. The summed E-state index contributed by atoms with van der Waals surface area (Å²) in [7, 11) is 0. The topological polar surface area (TPSA) is 73.7 Å². The second-order valence-electron chi connectivity index (χ2n) is 10.9. The molecule has 0 N–H and O–H groups in total. The quantitative estimate of drug-likeness (QED) is 0.128. The van der Waals surface area contributed by atoms with Gasteiger partial charge in [0, 0.05) is 24.5 Å². The van der Waals surface area contributed by atoms with Gasteiger partial charge in [-0.2, -0.15) is 5.10 Å². The van der Waals surface area contributed by atoms with Gasteiger partial charge in [0.05, 0.1) is 18.0 Å². The van der Waals surface area contributed by atoms with Gasteiger partial charge < -0.3 is 14.3 Å². The van der Waals surface area contributed by atoms with Gasteiger partial charge in [0.25, 0.3) is 0 Å². The zero-order chi connectivity index (χ0) is 28.4. The minimum atomic E-state index is -1.25. The number of aromatic nitrogens is 2. The zero-order valence-corrected chi connectivity index (χ0v) is 24.7. The number of carbonyl (C=O) groups excluding carboxylic acids is 2. The highest BCUT2D eigenvalue weighted by molar-refractivity contribution is 6.34. The summed E-state index contributed by atoms with van der Waals surface area (Å²) in [5, 5.41) is 5.84. The summed E-state index contributed by atoms with van der Waals surface area (Å²) in [6.45, 7) is 8.72. The molecule has 0 radical (unpaired) electrons. The lowest BCUT2D eigenvalue weighted by atomic mass is 9.81. The normalized spacial score (nSPS) is 21.2. The van der Waals surface area contributed by atoms with Gasteiger partial charge >= 0.3 is 5.97 Å². The summed E-state index contributed by atoms with van der Waals surface area (Å²) < 4.78 is 13.3. The number of hydrogen-bond acceptors (Lipinski definition) is 6. The van der Waals surface area contributed by atoms with Gasteiger partial charge in [-0.1, -0.05) is 29.8 Å². The molecule has 40 heavy (non-hydrogen) atoms. The van der Waals surface area contributed by atoms with E-state index in [0.717, 1.165) is 58.8 Å². The zero-order valence-electron chi connectivity index (χ0n) is 23.2. The highest BCUT2D eigenvalue weighted by atomic mass is 35.5. The summed E-state index contributed by atoms with van der Waals surface area (Å²) in [4.78, 5) is 25.7. The molecule has 0 saturated carbocycles. The highest BCUT2D eigenvalue weighted by Gasteiger charge is 2.39. The SMILES string of the molecule is CCOC(=O)[C@H]1CCCN(CC2=CCc3cc(OCc4ccc5c(c4)c(Cl)nn5C(C)C)ccc3C2(Cl)C=O)C1. The number of ether oxygens (including phenoxy) is 2. The molecule has 5 rings (SSSR count). The van der Waals surface area contributed by atoms with Crippen LogP contribution in [0.15, 0.2) is 48.0 Å². The summed E-state index contributed by atoms with van der Waals surface area (Å²) >= 11 is 13.4. The molecule has 1 aliphatic heterocycles. The summed E-state index contributed by atoms with van der Waals surface area (Å²) in [5.74, 6) is 0.413. The average molecular weight is 585 g/mol. The molecule has 1 fully saturated rings. The van der Waals surface area contributed by atoms with Crippen molar-refractivity contribution in [1.82, 2.24) is 14.7 Å². The van der Waals surface area contributed by atoms with Crippen molar-refractivity contribution in [2.45, 2.75) is 57.6 Å². The molecule has 212 valence electrons. The fourth-order valence-corrected chi connectivity index (χ4v) is 6.30. The van der Waals surface area contributed by atoms with E-state index in [4.69, 9.17) is 32.7 Å². The minimum absolute atomic E-state index is 0.144. The Hall–Kier alpha value is -2.87. The van der Waals surface area contributed by atoms with Crippen molar-refractivity contribution >= 4 is 46.4 Å². The minimum Gasteiger partial charge on any atom is -0.489 e. The van der Waals surface area contributed by atoms with Gasteiger partial charge in [0.2, 0.25) is 0 Å². The molecule has 3 aromatic rings. The number of halogens is 2. The number of piperidine rings is 1. The molecular weight excluding hydrogens is 549 g/mol. The molecule has 2 heterocycles. The lowest BCUT2D eigenvalue weighted by Crippen LogP contribution is -2.43. The van der Waals surface area contributed by atoms with Crippen LogP contribution in [0.2, 0.25) is 5.15 Å². The molecule has 2 aromatic carbocycles. The molecule has 7 nitrogen and oxygen atoms in total. The number of allylic oxidation sites excluding steroid dienone is 1. The number of alkyl halides is 1. The van der Waals surface area contributed by atoms with Crippen molar-refractivity contribution in [2.75, 3.05) is 26.2 Å². The molecule has 1 saturated heterocycles. The van der Waals surface area contributed by atoms with Gasteiger partial charge in [-0.05, 0) is 93.1 Å². The maximum absolute atomic E-state index is 12.4. The maximum atomic E-state index is 12.4. The van der Waals surface area contributed by atoms with Crippen molar-refractivity contribution in [1.29, 1.82) is 0 Å². The first-order valence-corrected chi connectivity index (χ1v) is 14.7. The second-order valence-corrected chi connectivity index (χ2v) is 11.8. The van der Waals surface area contributed by atoms with E-state index < -0.39 is 4.87 Å². The number of benzene rings is 2. The van der Waals surface area contributed by atoms with Crippen LogP contribution < -0.4 is 4.74 Å². The number of nitrogens with zero attached hydrogens (tertiary/aromatic N) is 3. The van der Waals surface area contributed by atoms with E-state index in [1.54, 1.807) is 0 Å². The number of rotatable bonds is 9. The Labute approximate surface area is 245 Å². The monoisotopic (exact) mass is 583 g/mol. The number of hydrogen-bond donors (Lipinski definition) is 0. The first-order chi connectivity index (χ1) is 19.2. The van der Waals surface area contributed by atoms with Crippen LogP contribution in [0, 0.1) is 5.92 Å². The Kier molecular flexibility index (Phi) is 8.55. The lowest BCUT2D eigenvalue weighted by molar-refractivity contribution is -0.149. The molecule has 2 atom stereocenters. The fourth-order valence-electron chi connectivity index (χ4n) is 5.75. The third-order valence-electron chi connectivity index (χ3n) is 7.81. The van der Waals surface area contributed by atoms with Crippen LogP contribution in [0.1, 0.15) is 56.3 Å². The van der Waals surface area contributed by atoms with Crippen LogP contribution >= 0.6 is 23.2 Å². The molecule has 1 unspecified atom stereocenters. The lowest BCUT2D eigenvalue weighted by Gasteiger charge is -2.37. The molecule has 0 bridgehead atoms. The molecule has 2 aliphatic rings. The molecule has 9 heteroatoms. The van der Waals surface area contributed by atoms with E-state index in [9.17, 15) is 9.59 Å². The van der Waals surface area contributed by atoms with E-state index >= 15 is 0 Å². The first-order valence-electron chi connectivity index (χ1n) is 13.9. The molecule has 0 amide bonds. The van der Waals surface area contributed by atoms with Crippen molar-refractivity contribution in [2.24, 2.45) is 5.92 Å². The van der Waals surface area contributed by atoms with Crippen LogP contribution in [0.25, 0.3) is 10.9 Å². The van der Waals surface area contributed by atoms with Crippen molar-refractivity contribution in [3.05, 3.63) is 69.9 Å². The number of fused-ring (bicyclic) bond motifs is 2. The summed E-state index contributed by atoms with van der Waals surface area (Å²) in [6, 6.07) is 12.0. The van der Waals surface area contributed by atoms with Crippen LogP contribution in [0.3, 0.4) is 0 Å².